The largest absolute Gasteiger partial charge is 0.462 e. The molecular weight excluding hydrogens is 889 g/mol. The second-order valence-corrected chi connectivity index (χ2v) is 27.9. The number of hydrogen-bond donors (Lipinski definition) is 0. The van der Waals surface area contributed by atoms with E-state index in [4.69, 9.17) is 18.6 Å². The molecule has 0 rings (SSSR count). The summed E-state index contributed by atoms with van der Waals surface area (Å²) in [4.78, 5) is 43.7. The molecule has 0 saturated carbocycles. The standard InChI is InChI=1S/C60H120N2O7Si/c1-12-16-20-32-42-54(43-33-21-17-13-2)67-57(63)48-38-30-26-24-28-36-46-56(69-59(65)62(51-40-50-61(8)9)52-41-53-66-70(10,11)60(5,6)7)47-37-29-25-27-31-39-49-58(64)68-55(44-34-22-18-14-3)45-35-23-19-15-4/h54-56H,12-53H2,1-11H3. The van der Waals surface area contributed by atoms with E-state index in [1.807, 2.05) is 4.90 Å². The summed E-state index contributed by atoms with van der Waals surface area (Å²) in [5.41, 5.74) is 0. The van der Waals surface area contributed by atoms with E-state index in [2.05, 4.69) is 80.6 Å². The second-order valence-electron chi connectivity index (χ2n) is 23.1. The normalized spacial score (nSPS) is 12.2. The molecule has 0 N–H and O–H groups in total. The number of rotatable bonds is 50. The van der Waals surface area contributed by atoms with E-state index >= 15 is 0 Å². The summed E-state index contributed by atoms with van der Waals surface area (Å²) in [5.74, 6) is -0.0194. The van der Waals surface area contributed by atoms with Crippen LogP contribution in [0.25, 0.3) is 0 Å². The van der Waals surface area contributed by atoms with Crippen LogP contribution in [0.3, 0.4) is 0 Å². The number of unbranched alkanes of at least 4 members (excludes halogenated alkanes) is 22. The van der Waals surface area contributed by atoms with Gasteiger partial charge in [-0.15, -0.1) is 0 Å². The van der Waals surface area contributed by atoms with Crippen LogP contribution in [0.1, 0.15) is 292 Å². The van der Waals surface area contributed by atoms with Gasteiger partial charge in [0.2, 0.25) is 0 Å². The Morgan fingerprint density at radius 3 is 1.07 bits per heavy atom. The molecule has 10 heteroatoms. The first-order chi connectivity index (χ1) is 33.6. The van der Waals surface area contributed by atoms with Gasteiger partial charge in [0.15, 0.2) is 8.32 Å². The van der Waals surface area contributed by atoms with Crippen molar-refractivity contribution in [1.29, 1.82) is 0 Å². The zero-order valence-corrected chi connectivity index (χ0v) is 49.7. The van der Waals surface area contributed by atoms with Gasteiger partial charge in [-0.25, -0.2) is 4.79 Å². The summed E-state index contributed by atoms with van der Waals surface area (Å²) in [7, 11) is 2.30. The molecule has 0 aromatic carbocycles. The Labute approximate surface area is 436 Å². The highest BCUT2D eigenvalue weighted by atomic mass is 28.4. The number of nitrogens with zero attached hydrogens (tertiary/aromatic N) is 2. The summed E-state index contributed by atoms with van der Waals surface area (Å²) >= 11 is 0. The van der Waals surface area contributed by atoms with Gasteiger partial charge in [0.1, 0.15) is 18.3 Å². The Morgan fingerprint density at radius 1 is 0.414 bits per heavy atom. The Hall–Kier alpha value is -1.65. The molecule has 416 valence electrons. The van der Waals surface area contributed by atoms with Crippen LogP contribution in [-0.4, -0.2) is 94.8 Å². The van der Waals surface area contributed by atoms with Gasteiger partial charge in [-0.1, -0.05) is 177 Å². The van der Waals surface area contributed by atoms with Gasteiger partial charge >= 0.3 is 18.0 Å². The minimum absolute atomic E-state index is 0.00970. The highest BCUT2D eigenvalue weighted by Gasteiger charge is 2.37. The Morgan fingerprint density at radius 2 is 0.729 bits per heavy atom. The van der Waals surface area contributed by atoms with Crippen molar-refractivity contribution in [1.82, 2.24) is 9.80 Å². The Bertz CT molecular complexity index is 1130. The van der Waals surface area contributed by atoms with E-state index in [-0.39, 0.29) is 41.4 Å². The number of hydrogen-bond acceptors (Lipinski definition) is 8. The third-order valence-electron chi connectivity index (χ3n) is 14.8. The van der Waals surface area contributed by atoms with Crippen molar-refractivity contribution in [3.8, 4) is 0 Å². The fourth-order valence-electron chi connectivity index (χ4n) is 9.06. The molecule has 9 nitrogen and oxygen atoms in total. The average Bonchev–Trinajstić information content (AvgIpc) is 3.30. The van der Waals surface area contributed by atoms with E-state index in [0.29, 0.717) is 32.5 Å². The zero-order valence-electron chi connectivity index (χ0n) is 48.7. The van der Waals surface area contributed by atoms with Crippen LogP contribution in [0.2, 0.25) is 18.1 Å². The molecule has 0 aromatic rings. The minimum atomic E-state index is -1.86. The molecule has 0 aliphatic carbocycles. The van der Waals surface area contributed by atoms with Crippen LogP contribution in [0.15, 0.2) is 0 Å². The van der Waals surface area contributed by atoms with Crippen LogP contribution in [0.4, 0.5) is 4.79 Å². The number of ether oxygens (including phenoxy) is 3. The monoisotopic (exact) mass is 1010 g/mol. The van der Waals surface area contributed by atoms with Crippen molar-refractivity contribution in [2.24, 2.45) is 0 Å². The molecule has 1 amide bonds. The smallest absolute Gasteiger partial charge is 0.410 e. The molecule has 0 aromatic heterocycles. The Balaban J connectivity index is 5.21. The van der Waals surface area contributed by atoms with Crippen molar-refractivity contribution in [2.45, 2.75) is 329 Å². The summed E-state index contributed by atoms with van der Waals surface area (Å²) in [6, 6.07) is 0. The van der Waals surface area contributed by atoms with E-state index in [1.165, 1.54) is 77.0 Å². The van der Waals surface area contributed by atoms with Gasteiger partial charge < -0.3 is 28.4 Å². The highest BCUT2D eigenvalue weighted by Crippen LogP contribution is 2.36. The third-order valence-corrected chi connectivity index (χ3v) is 19.4. The fourth-order valence-corrected chi connectivity index (χ4v) is 10.1. The van der Waals surface area contributed by atoms with E-state index in [1.54, 1.807) is 0 Å². The van der Waals surface area contributed by atoms with Gasteiger partial charge in [0, 0.05) is 32.5 Å². The molecule has 0 aliphatic heterocycles. The quantitative estimate of drug-likeness (QED) is 0.0257. The van der Waals surface area contributed by atoms with Gasteiger partial charge in [-0.3, -0.25) is 9.59 Å². The molecule has 0 saturated heterocycles. The van der Waals surface area contributed by atoms with Gasteiger partial charge in [-0.2, -0.15) is 0 Å². The molecule has 0 bridgehead atoms. The first-order valence-electron chi connectivity index (χ1n) is 30.2. The first kappa shape index (κ1) is 68.3. The maximum absolute atomic E-state index is 13.9. The third kappa shape index (κ3) is 40.8. The summed E-state index contributed by atoms with van der Waals surface area (Å²) < 4.78 is 24.9. The van der Waals surface area contributed by atoms with Crippen molar-refractivity contribution in [2.75, 3.05) is 40.3 Å². The maximum Gasteiger partial charge on any atom is 0.410 e. The van der Waals surface area contributed by atoms with Crippen LogP contribution < -0.4 is 0 Å². The van der Waals surface area contributed by atoms with Crippen LogP contribution in [0.5, 0.6) is 0 Å². The molecule has 0 atom stereocenters. The summed E-state index contributed by atoms with van der Waals surface area (Å²) in [6.07, 6.45) is 40.6. The molecule has 0 radical (unpaired) electrons. The first-order valence-corrected chi connectivity index (χ1v) is 33.1. The van der Waals surface area contributed by atoms with Crippen LogP contribution in [0, 0.1) is 0 Å². The van der Waals surface area contributed by atoms with Gasteiger partial charge in [0.25, 0.3) is 0 Å². The predicted octanol–water partition coefficient (Wildman–Crippen LogP) is 18.1. The van der Waals surface area contributed by atoms with Crippen LogP contribution >= 0.6 is 0 Å². The number of amides is 1. The molecule has 0 heterocycles. The number of carbonyl (C=O) groups excluding carboxylic acids is 3. The number of esters is 2. The lowest BCUT2D eigenvalue weighted by atomic mass is 10.0. The lowest BCUT2D eigenvalue weighted by Crippen LogP contribution is -2.42. The van der Waals surface area contributed by atoms with E-state index in [9.17, 15) is 14.4 Å². The molecule has 0 unspecified atom stereocenters. The molecular formula is C60H120N2O7Si. The lowest BCUT2D eigenvalue weighted by Gasteiger charge is -2.36. The average molecular weight is 1010 g/mol. The fraction of sp³-hybridized carbons (Fsp3) is 0.950. The van der Waals surface area contributed by atoms with Crippen molar-refractivity contribution in [3.63, 3.8) is 0 Å². The topological polar surface area (TPSA) is 94.6 Å². The Kier molecular flexibility index (Phi) is 44.8. The zero-order chi connectivity index (χ0) is 52.1. The molecule has 0 fully saturated rings. The van der Waals surface area contributed by atoms with E-state index in [0.717, 1.165) is 161 Å². The van der Waals surface area contributed by atoms with Gasteiger partial charge in [-0.05, 0) is 142 Å². The second kappa shape index (κ2) is 45.9. The highest BCUT2D eigenvalue weighted by molar-refractivity contribution is 6.74. The summed E-state index contributed by atoms with van der Waals surface area (Å²) in [6.45, 7) is 23.3. The number of carbonyl (C=O) groups is 3. The van der Waals surface area contributed by atoms with Crippen molar-refractivity contribution in [3.05, 3.63) is 0 Å². The molecule has 70 heavy (non-hydrogen) atoms. The minimum Gasteiger partial charge on any atom is -0.462 e. The van der Waals surface area contributed by atoms with Crippen LogP contribution in [-0.2, 0) is 28.2 Å². The lowest BCUT2D eigenvalue weighted by molar-refractivity contribution is -0.151. The van der Waals surface area contributed by atoms with Crippen molar-refractivity contribution < 1.29 is 33.0 Å². The maximum atomic E-state index is 13.9. The van der Waals surface area contributed by atoms with E-state index < -0.39 is 8.32 Å². The molecule has 0 spiro atoms. The predicted molar refractivity (Wildman–Crippen MR) is 301 cm³/mol. The SMILES string of the molecule is CCCCCCC(CCCCCC)OC(=O)CCCCCCCCC(CCCCCCCCC(=O)OC(CCCCCC)CCCCCC)OC(=O)N(CCCO[Si](C)(C)C(C)(C)C)CCCN(C)C. The molecule has 0 aliphatic rings. The van der Waals surface area contributed by atoms with Gasteiger partial charge in [0.05, 0.1) is 0 Å². The summed E-state index contributed by atoms with van der Waals surface area (Å²) in [5, 5.41) is 0.153. The van der Waals surface area contributed by atoms with Crippen molar-refractivity contribution >= 4 is 26.3 Å².